The van der Waals surface area contributed by atoms with Crippen molar-refractivity contribution in [1.82, 2.24) is 10.2 Å². The standard InChI is InChI=1S/C28H39N3O5S/c1-4-36-26-18-12-11-17-25(26)31(37(3,34)35)21-27(32)30(20-19-23-13-7-5-8-14-23)22(2)28(33)29-24-15-9-6-10-16-24/h5,7-8,11-14,17-18,22,24H,4,6,9-10,15-16,19-21H2,1-3H3,(H,29,33)/t22-/m1/s1. The number of nitrogens with one attached hydrogen (secondary N) is 1. The number of benzene rings is 2. The van der Waals surface area contributed by atoms with E-state index in [-0.39, 0.29) is 18.5 Å². The van der Waals surface area contributed by atoms with E-state index in [1.54, 1.807) is 31.2 Å². The van der Waals surface area contributed by atoms with Crippen LogP contribution in [0.25, 0.3) is 0 Å². The van der Waals surface area contributed by atoms with E-state index in [0.29, 0.717) is 24.5 Å². The predicted octanol–water partition coefficient (Wildman–Crippen LogP) is 3.76. The molecular formula is C28H39N3O5S. The molecule has 1 fully saturated rings. The molecule has 9 heteroatoms. The van der Waals surface area contributed by atoms with Gasteiger partial charge in [-0.1, -0.05) is 61.7 Å². The van der Waals surface area contributed by atoms with Crippen LogP contribution in [-0.2, 0) is 26.0 Å². The third-order valence-electron chi connectivity index (χ3n) is 6.72. The smallest absolute Gasteiger partial charge is 0.244 e. The highest BCUT2D eigenvalue weighted by molar-refractivity contribution is 7.92. The zero-order valence-electron chi connectivity index (χ0n) is 22.1. The number of amides is 2. The summed E-state index contributed by atoms with van der Waals surface area (Å²) in [6, 6.07) is 15.8. The molecule has 2 aromatic rings. The maximum Gasteiger partial charge on any atom is 0.244 e. The van der Waals surface area contributed by atoms with Gasteiger partial charge in [-0.3, -0.25) is 13.9 Å². The number of hydrogen-bond acceptors (Lipinski definition) is 5. The van der Waals surface area contributed by atoms with Crippen LogP contribution in [0.15, 0.2) is 54.6 Å². The minimum Gasteiger partial charge on any atom is -0.492 e. The Morgan fingerprint density at radius 3 is 2.32 bits per heavy atom. The molecule has 2 aromatic carbocycles. The summed E-state index contributed by atoms with van der Waals surface area (Å²) < 4.78 is 32.3. The SMILES string of the molecule is CCOc1ccccc1N(CC(=O)N(CCc1ccccc1)[C@H](C)C(=O)NC1CCCCC1)S(C)(=O)=O. The Labute approximate surface area is 221 Å². The monoisotopic (exact) mass is 529 g/mol. The Hall–Kier alpha value is -3.07. The number of anilines is 1. The van der Waals surface area contributed by atoms with Crippen molar-refractivity contribution in [3.63, 3.8) is 0 Å². The normalized spacial score (nSPS) is 15.0. The van der Waals surface area contributed by atoms with E-state index in [2.05, 4.69) is 5.32 Å². The van der Waals surface area contributed by atoms with Crippen LogP contribution >= 0.6 is 0 Å². The molecule has 1 saturated carbocycles. The van der Waals surface area contributed by atoms with Gasteiger partial charge < -0.3 is 15.0 Å². The van der Waals surface area contributed by atoms with Crippen molar-refractivity contribution in [1.29, 1.82) is 0 Å². The minimum atomic E-state index is -3.82. The predicted molar refractivity (Wildman–Crippen MR) is 146 cm³/mol. The van der Waals surface area contributed by atoms with Gasteiger partial charge in [0.2, 0.25) is 21.8 Å². The van der Waals surface area contributed by atoms with E-state index in [1.165, 1.54) is 11.3 Å². The van der Waals surface area contributed by atoms with E-state index in [1.807, 2.05) is 37.3 Å². The van der Waals surface area contributed by atoms with E-state index >= 15 is 0 Å². The number of carbonyl (C=O) groups excluding carboxylic acids is 2. The van der Waals surface area contributed by atoms with Gasteiger partial charge in [0.25, 0.3) is 0 Å². The largest absolute Gasteiger partial charge is 0.492 e. The second kappa shape index (κ2) is 13.5. The number of carbonyl (C=O) groups is 2. The van der Waals surface area contributed by atoms with Crippen LogP contribution in [0.4, 0.5) is 5.69 Å². The van der Waals surface area contributed by atoms with Crippen LogP contribution < -0.4 is 14.4 Å². The second-order valence-electron chi connectivity index (χ2n) is 9.51. The number of nitrogens with zero attached hydrogens (tertiary/aromatic N) is 2. The first-order chi connectivity index (χ1) is 17.7. The fraction of sp³-hybridized carbons (Fsp3) is 0.500. The summed E-state index contributed by atoms with van der Waals surface area (Å²) in [5.41, 5.74) is 1.32. The first-order valence-corrected chi connectivity index (χ1v) is 14.9. The Balaban J connectivity index is 1.85. The van der Waals surface area contributed by atoms with Crippen molar-refractivity contribution < 1.29 is 22.7 Å². The fourth-order valence-electron chi connectivity index (χ4n) is 4.67. The minimum absolute atomic E-state index is 0.111. The van der Waals surface area contributed by atoms with Gasteiger partial charge in [-0.25, -0.2) is 8.42 Å². The molecule has 0 heterocycles. The summed E-state index contributed by atoms with van der Waals surface area (Å²) in [5.74, 6) is -0.282. The molecule has 0 spiro atoms. The quantitative estimate of drug-likeness (QED) is 0.452. The molecule has 0 bridgehead atoms. The molecule has 0 radical (unpaired) electrons. The molecule has 3 rings (SSSR count). The number of rotatable bonds is 12. The molecule has 1 aliphatic carbocycles. The average Bonchev–Trinajstić information content (AvgIpc) is 2.88. The van der Waals surface area contributed by atoms with Crippen molar-refractivity contribution >= 4 is 27.5 Å². The highest BCUT2D eigenvalue weighted by atomic mass is 32.2. The molecule has 2 amide bonds. The van der Waals surface area contributed by atoms with Gasteiger partial charge in [-0.05, 0) is 50.8 Å². The molecule has 8 nitrogen and oxygen atoms in total. The molecule has 37 heavy (non-hydrogen) atoms. The first kappa shape index (κ1) is 28.5. The summed E-state index contributed by atoms with van der Waals surface area (Å²) in [5, 5.41) is 3.11. The Morgan fingerprint density at radius 1 is 1.03 bits per heavy atom. The molecular weight excluding hydrogens is 490 g/mol. The lowest BCUT2D eigenvalue weighted by Crippen LogP contribution is -2.53. The van der Waals surface area contributed by atoms with Gasteiger partial charge in [0, 0.05) is 12.6 Å². The number of hydrogen-bond donors (Lipinski definition) is 1. The zero-order chi connectivity index (χ0) is 26.8. The van der Waals surface area contributed by atoms with Gasteiger partial charge in [0.05, 0.1) is 18.6 Å². The average molecular weight is 530 g/mol. The molecule has 0 saturated heterocycles. The summed E-state index contributed by atoms with van der Waals surface area (Å²) >= 11 is 0. The fourth-order valence-corrected chi connectivity index (χ4v) is 5.53. The van der Waals surface area contributed by atoms with Gasteiger partial charge in [0.15, 0.2) is 0 Å². The van der Waals surface area contributed by atoms with Crippen LogP contribution in [0.5, 0.6) is 5.75 Å². The van der Waals surface area contributed by atoms with E-state index in [0.717, 1.165) is 41.8 Å². The highest BCUT2D eigenvalue weighted by Crippen LogP contribution is 2.30. The molecule has 202 valence electrons. The van der Waals surface area contributed by atoms with Gasteiger partial charge in [-0.2, -0.15) is 0 Å². The van der Waals surface area contributed by atoms with Crippen molar-refractivity contribution in [2.75, 3.05) is 30.3 Å². The molecule has 1 N–H and O–H groups in total. The van der Waals surface area contributed by atoms with Crippen molar-refractivity contribution in [3.05, 3.63) is 60.2 Å². The van der Waals surface area contributed by atoms with E-state index < -0.39 is 28.5 Å². The lowest BCUT2D eigenvalue weighted by molar-refractivity contribution is -0.139. The topological polar surface area (TPSA) is 96.0 Å². The third kappa shape index (κ3) is 8.21. The van der Waals surface area contributed by atoms with E-state index in [4.69, 9.17) is 4.74 Å². The van der Waals surface area contributed by atoms with Gasteiger partial charge in [0.1, 0.15) is 18.3 Å². The molecule has 1 atom stereocenters. The summed E-state index contributed by atoms with van der Waals surface area (Å²) in [7, 11) is -3.82. The molecule has 0 unspecified atom stereocenters. The van der Waals surface area contributed by atoms with E-state index in [9.17, 15) is 18.0 Å². The summed E-state index contributed by atoms with van der Waals surface area (Å²) in [6.45, 7) is 3.72. The maximum absolute atomic E-state index is 13.7. The number of ether oxygens (including phenoxy) is 1. The van der Waals surface area contributed by atoms with Crippen LogP contribution in [0.2, 0.25) is 0 Å². The van der Waals surface area contributed by atoms with Crippen LogP contribution in [-0.4, -0.2) is 63.2 Å². The van der Waals surface area contributed by atoms with Crippen LogP contribution in [0, 0.1) is 0 Å². The van der Waals surface area contributed by atoms with Gasteiger partial charge >= 0.3 is 0 Å². The highest BCUT2D eigenvalue weighted by Gasteiger charge is 2.31. The zero-order valence-corrected chi connectivity index (χ0v) is 22.9. The number of para-hydroxylation sites is 2. The molecule has 1 aliphatic rings. The Morgan fingerprint density at radius 2 is 1.68 bits per heavy atom. The third-order valence-corrected chi connectivity index (χ3v) is 7.84. The van der Waals surface area contributed by atoms with Crippen LogP contribution in [0.3, 0.4) is 0 Å². The maximum atomic E-state index is 13.7. The van der Waals surface area contributed by atoms with Crippen molar-refractivity contribution in [3.8, 4) is 5.75 Å². The van der Waals surface area contributed by atoms with Crippen LogP contribution in [0.1, 0.15) is 51.5 Å². The second-order valence-corrected chi connectivity index (χ2v) is 11.4. The lowest BCUT2D eigenvalue weighted by atomic mass is 9.95. The number of sulfonamides is 1. The first-order valence-electron chi connectivity index (χ1n) is 13.0. The summed E-state index contributed by atoms with van der Waals surface area (Å²) in [4.78, 5) is 28.4. The Kier molecular flexibility index (Phi) is 10.4. The van der Waals surface area contributed by atoms with Crippen molar-refractivity contribution in [2.24, 2.45) is 0 Å². The molecule has 0 aliphatic heterocycles. The summed E-state index contributed by atoms with van der Waals surface area (Å²) in [6.07, 6.45) is 6.82. The van der Waals surface area contributed by atoms with Crippen molar-refractivity contribution in [2.45, 2.75) is 64.5 Å². The Bertz CT molecular complexity index is 1130. The molecule has 0 aromatic heterocycles. The van der Waals surface area contributed by atoms with Gasteiger partial charge in [-0.15, -0.1) is 0 Å². The lowest BCUT2D eigenvalue weighted by Gasteiger charge is -2.33.